The molecule has 2 aromatic rings. The molecule has 24 heavy (non-hydrogen) atoms. The van der Waals surface area contributed by atoms with Crippen molar-refractivity contribution in [3.8, 4) is 5.75 Å². The predicted octanol–water partition coefficient (Wildman–Crippen LogP) is 3.87. The van der Waals surface area contributed by atoms with E-state index in [4.69, 9.17) is 16.3 Å². The van der Waals surface area contributed by atoms with Crippen LogP contribution >= 0.6 is 35.6 Å². The highest BCUT2D eigenvalue weighted by Gasteiger charge is 2.05. The molecule has 0 saturated heterocycles. The molecule has 0 spiro atoms. The minimum absolute atomic E-state index is 0. The van der Waals surface area contributed by atoms with Crippen LogP contribution in [0.3, 0.4) is 0 Å². The standard InChI is InChI=1S/C18H22ClN3O.HI/c1-20-18(21-11-10-14-6-4-3-5-7-14)22-13-15-8-9-16(19)12-17(15)23-2;/h3-9,12H,10-11,13H2,1-2H3,(H2,20,21,22);1H. The molecule has 2 aromatic carbocycles. The van der Waals surface area contributed by atoms with Crippen LogP contribution in [0.1, 0.15) is 11.1 Å². The van der Waals surface area contributed by atoms with Gasteiger partial charge in [-0.1, -0.05) is 48.0 Å². The van der Waals surface area contributed by atoms with E-state index in [-0.39, 0.29) is 24.0 Å². The van der Waals surface area contributed by atoms with Gasteiger partial charge >= 0.3 is 0 Å². The number of halogens is 2. The minimum atomic E-state index is 0. The first kappa shape index (κ1) is 20.6. The summed E-state index contributed by atoms with van der Waals surface area (Å²) in [5.74, 6) is 1.53. The topological polar surface area (TPSA) is 45.7 Å². The maximum Gasteiger partial charge on any atom is 0.191 e. The third-order valence-corrected chi connectivity index (χ3v) is 3.70. The first-order chi connectivity index (χ1) is 11.2. The van der Waals surface area contributed by atoms with E-state index < -0.39 is 0 Å². The summed E-state index contributed by atoms with van der Waals surface area (Å²) in [5, 5.41) is 7.25. The third kappa shape index (κ3) is 6.57. The zero-order valence-electron chi connectivity index (χ0n) is 13.9. The molecule has 0 atom stereocenters. The number of aliphatic imine (C=N–C) groups is 1. The number of guanidine groups is 1. The summed E-state index contributed by atoms with van der Waals surface area (Å²) in [6.45, 7) is 1.44. The van der Waals surface area contributed by atoms with Crippen LogP contribution in [0.15, 0.2) is 53.5 Å². The Kier molecular flexibility index (Phi) is 9.56. The molecule has 0 heterocycles. The van der Waals surface area contributed by atoms with Crippen molar-refractivity contribution in [2.75, 3.05) is 20.7 Å². The second-order valence-corrected chi connectivity index (χ2v) is 5.48. The van der Waals surface area contributed by atoms with E-state index in [1.807, 2.05) is 24.3 Å². The van der Waals surface area contributed by atoms with Gasteiger partial charge in [0.1, 0.15) is 5.75 Å². The number of rotatable bonds is 6. The summed E-state index contributed by atoms with van der Waals surface area (Å²) < 4.78 is 5.35. The van der Waals surface area contributed by atoms with E-state index in [0.717, 1.165) is 30.2 Å². The molecule has 0 aliphatic rings. The molecule has 0 fully saturated rings. The number of nitrogens with one attached hydrogen (secondary N) is 2. The molecule has 0 aromatic heterocycles. The first-order valence-corrected chi connectivity index (χ1v) is 7.91. The Hall–Kier alpha value is -1.47. The van der Waals surface area contributed by atoms with Gasteiger partial charge in [0.25, 0.3) is 0 Å². The van der Waals surface area contributed by atoms with Crippen LogP contribution in [-0.4, -0.2) is 26.7 Å². The number of ether oxygens (including phenoxy) is 1. The van der Waals surface area contributed by atoms with Crippen LogP contribution in [0.2, 0.25) is 5.02 Å². The molecule has 0 unspecified atom stereocenters. The number of hydrogen-bond donors (Lipinski definition) is 2. The molecule has 0 bridgehead atoms. The Morgan fingerprint density at radius 1 is 1.12 bits per heavy atom. The van der Waals surface area contributed by atoms with Gasteiger partial charge in [-0.05, 0) is 24.1 Å². The summed E-state index contributed by atoms with van der Waals surface area (Å²) >= 11 is 5.98. The molecule has 0 amide bonds. The Morgan fingerprint density at radius 2 is 1.88 bits per heavy atom. The monoisotopic (exact) mass is 459 g/mol. The SMILES string of the molecule is CN=C(NCCc1ccccc1)NCc1ccc(Cl)cc1OC.I. The largest absolute Gasteiger partial charge is 0.496 e. The first-order valence-electron chi connectivity index (χ1n) is 7.54. The Balaban J connectivity index is 0.00000288. The molecule has 4 nitrogen and oxygen atoms in total. The maximum atomic E-state index is 5.98. The van der Waals surface area contributed by atoms with Crippen LogP contribution in [0.5, 0.6) is 5.75 Å². The number of nitrogens with zero attached hydrogens (tertiary/aromatic N) is 1. The average molecular weight is 460 g/mol. The summed E-state index contributed by atoms with van der Waals surface area (Å²) in [4.78, 5) is 4.23. The summed E-state index contributed by atoms with van der Waals surface area (Å²) in [7, 11) is 3.40. The Bertz CT molecular complexity index is 650. The van der Waals surface area contributed by atoms with Crippen molar-refractivity contribution in [1.29, 1.82) is 0 Å². The van der Waals surface area contributed by atoms with E-state index in [1.54, 1.807) is 14.2 Å². The molecule has 6 heteroatoms. The normalized spacial score (nSPS) is 10.7. The summed E-state index contributed by atoms with van der Waals surface area (Å²) in [6.07, 6.45) is 0.950. The van der Waals surface area contributed by atoms with Gasteiger partial charge in [-0.15, -0.1) is 24.0 Å². The molecule has 0 radical (unpaired) electrons. The highest BCUT2D eigenvalue weighted by molar-refractivity contribution is 14.0. The second-order valence-electron chi connectivity index (χ2n) is 5.04. The summed E-state index contributed by atoms with van der Waals surface area (Å²) in [6, 6.07) is 16.0. The van der Waals surface area contributed by atoms with E-state index >= 15 is 0 Å². The lowest BCUT2D eigenvalue weighted by atomic mass is 10.1. The molecule has 130 valence electrons. The van der Waals surface area contributed by atoms with Crippen LogP contribution in [0.4, 0.5) is 0 Å². The zero-order chi connectivity index (χ0) is 16.5. The van der Waals surface area contributed by atoms with Gasteiger partial charge < -0.3 is 15.4 Å². The molecule has 0 aliphatic carbocycles. The molecule has 2 rings (SSSR count). The number of benzene rings is 2. The Morgan fingerprint density at radius 3 is 2.54 bits per heavy atom. The van der Waals surface area contributed by atoms with E-state index in [9.17, 15) is 0 Å². The summed E-state index contributed by atoms with van der Waals surface area (Å²) in [5.41, 5.74) is 2.33. The van der Waals surface area contributed by atoms with Crippen LogP contribution in [0, 0.1) is 0 Å². The fourth-order valence-corrected chi connectivity index (χ4v) is 2.40. The van der Waals surface area contributed by atoms with E-state index in [2.05, 4.69) is 39.9 Å². The molecule has 0 saturated carbocycles. The van der Waals surface area contributed by atoms with Crippen molar-refractivity contribution in [1.82, 2.24) is 10.6 Å². The van der Waals surface area contributed by atoms with Crippen molar-refractivity contribution in [2.24, 2.45) is 4.99 Å². The van der Waals surface area contributed by atoms with Gasteiger partial charge in [0.15, 0.2) is 5.96 Å². The molecular formula is C18H23ClIN3O. The number of methoxy groups -OCH3 is 1. The van der Waals surface area contributed by atoms with Crippen molar-refractivity contribution < 1.29 is 4.74 Å². The van der Waals surface area contributed by atoms with Gasteiger partial charge in [0.05, 0.1) is 7.11 Å². The van der Waals surface area contributed by atoms with Crippen molar-refractivity contribution in [3.05, 3.63) is 64.7 Å². The third-order valence-electron chi connectivity index (χ3n) is 3.47. The maximum absolute atomic E-state index is 5.98. The van der Waals surface area contributed by atoms with Crippen LogP contribution in [-0.2, 0) is 13.0 Å². The van der Waals surface area contributed by atoms with Gasteiger partial charge in [-0.3, -0.25) is 4.99 Å². The zero-order valence-corrected chi connectivity index (χ0v) is 17.0. The molecule has 2 N–H and O–H groups in total. The van der Waals surface area contributed by atoms with E-state index in [1.165, 1.54) is 5.56 Å². The van der Waals surface area contributed by atoms with Gasteiger partial charge in [0, 0.05) is 30.7 Å². The molecular weight excluding hydrogens is 437 g/mol. The molecule has 0 aliphatic heterocycles. The lowest BCUT2D eigenvalue weighted by Crippen LogP contribution is -2.37. The van der Waals surface area contributed by atoms with Gasteiger partial charge in [-0.25, -0.2) is 0 Å². The van der Waals surface area contributed by atoms with Gasteiger partial charge in [-0.2, -0.15) is 0 Å². The average Bonchev–Trinajstić information content (AvgIpc) is 2.59. The minimum Gasteiger partial charge on any atom is -0.496 e. The smallest absolute Gasteiger partial charge is 0.191 e. The number of hydrogen-bond acceptors (Lipinski definition) is 2. The predicted molar refractivity (Wildman–Crippen MR) is 112 cm³/mol. The van der Waals surface area contributed by atoms with Crippen molar-refractivity contribution in [2.45, 2.75) is 13.0 Å². The van der Waals surface area contributed by atoms with E-state index in [0.29, 0.717) is 11.6 Å². The van der Waals surface area contributed by atoms with Crippen molar-refractivity contribution >= 4 is 41.5 Å². The van der Waals surface area contributed by atoms with Crippen LogP contribution in [0.25, 0.3) is 0 Å². The quantitative estimate of drug-likeness (QED) is 0.392. The van der Waals surface area contributed by atoms with Crippen molar-refractivity contribution in [3.63, 3.8) is 0 Å². The lowest BCUT2D eigenvalue weighted by Gasteiger charge is -2.14. The highest BCUT2D eigenvalue weighted by atomic mass is 127. The van der Waals surface area contributed by atoms with Gasteiger partial charge in [0.2, 0.25) is 0 Å². The Labute approximate surface area is 165 Å². The van der Waals surface area contributed by atoms with Crippen LogP contribution < -0.4 is 15.4 Å². The second kappa shape index (κ2) is 11.1. The fraction of sp³-hybridized carbons (Fsp3) is 0.278. The lowest BCUT2D eigenvalue weighted by molar-refractivity contribution is 0.409. The fourth-order valence-electron chi connectivity index (χ4n) is 2.23. The highest BCUT2D eigenvalue weighted by Crippen LogP contribution is 2.22.